The van der Waals surface area contributed by atoms with Crippen LogP contribution in [0.3, 0.4) is 0 Å². The Bertz CT molecular complexity index is 1310. The molecule has 4 aromatic carbocycles. The Morgan fingerprint density at radius 3 is 1.42 bits per heavy atom. The third-order valence-corrected chi connectivity index (χ3v) is 9.14. The van der Waals surface area contributed by atoms with E-state index >= 15 is 0 Å². The zero-order valence-corrected chi connectivity index (χ0v) is 23.0. The van der Waals surface area contributed by atoms with Gasteiger partial charge in [-0.15, -0.1) is 0 Å². The Kier molecular flexibility index (Phi) is 5.91. The lowest BCUT2D eigenvalue weighted by Crippen LogP contribution is -2.61. The van der Waals surface area contributed by atoms with E-state index in [4.69, 9.17) is 9.31 Å². The highest BCUT2D eigenvalue weighted by atomic mass is 16.7. The van der Waals surface area contributed by atoms with Crippen molar-refractivity contribution in [2.75, 3.05) is 0 Å². The molecule has 4 heteroatoms. The number of hydrogen-bond acceptors (Lipinski definition) is 3. The second-order valence-electron chi connectivity index (χ2n) is 11.8. The summed E-state index contributed by atoms with van der Waals surface area (Å²) in [6.07, 6.45) is 0. The van der Waals surface area contributed by atoms with Crippen molar-refractivity contribution in [3.63, 3.8) is 0 Å². The molecule has 4 aromatic rings. The lowest BCUT2D eigenvalue weighted by molar-refractivity contribution is 0.00578. The van der Waals surface area contributed by atoms with E-state index in [1.807, 2.05) is 0 Å². The third kappa shape index (κ3) is 3.55. The molecule has 192 valence electrons. The van der Waals surface area contributed by atoms with E-state index in [0.29, 0.717) is 0 Å². The zero-order chi connectivity index (χ0) is 26.6. The van der Waals surface area contributed by atoms with Gasteiger partial charge in [0, 0.05) is 6.54 Å². The van der Waals surface area contributed by atoms with Crippen molar-refractivity contribution in [2.45, 2.75) is 63.3 Å². The fourth-order valence-electron chi connectivity index (χ4n) is 6.43. The average Bonchev–Trinajstić information content (AvgIpc) is 3.36. The Balaban J connectivity index is 1.68. The molecule has 0 spiro atoms. The van der Waals surface area contributed by atoms with Crippen molar-refractivity contribution in [2.24, 2.45) is 0 Å². The lowest BCUT2D eigenvalue weighted by atomic mass is 9.59. The van der Waals surface area contributed by atoms with Gasteiger partial charge in [0.1, 0.15) is 0 Å². The van der Waals surface area contributed by atoms with E-state index in [1.54, 1.807) is 0 Å². The fraction of sp³-hybridized carbons (Fsp3) is 0.294. The Morgan fingerprint density at radius 1 is 0.579 bits per heavy atom. The Labute approximate surface area is 227 Å². The van der Waals surface area contributed by atoms with Gasteiger partial charge in [-0.05, 0) is 62.4 Å². The molecule has 3 nitrogen and oxygen atoms in total. The predicted octanol–water partition coefficient (Wildman–Crippen LogP) is 7.34. The highest BCUT2D eigenvalue weighted by Gasteiger charge is 2.66. The molecule has 1 atom stereocenters. The summed E-state index contributed by atoms with van der Waals surface area (Å²) in [5.41, 5.74) is 4.14. The van der Waals surface area contributed by atoms with Crippen molar-refractivity contribution in [1.29, 1.82) is 0 Å². The maximum atomic E-state index is 6.88. The van der Waals surface area contributed by atoms with E-state index in [0.717, 1.165) is 6.54 Å². The topological polar surface area (TPSA) is 21.7 Å². The minimum absolute atomic E-state index is 0.446. The number of nitrogens with zero attached hydrogens (tertiary/aromatic N) is 1. The number of fused-ring (bicyclic) bond motifs is 1. The number of hydrogen-bond donors (Lipinski definition) is 0. The molecule has 0 unspecified atom stereocenters. The summed E-state index contributed by atoms with van der Waals surface area (Å²) in [6, 6.07) is 41.5. The van der Waals surface area contributed by atoms with Crippen LogP contribution in [0.1, 0.15) is 62.4 Å². The normalized spacial score (nSPS) is 22.4. The van der Waals surface area contributed by atoms with Crippen LogP contribution in [-0.4, -0.2) is 23.2 Å². The molecule has 2 aliphatic heterocycles. The van der Waals surface area contributed by atoms with Crippen LogP contribution in [0.5, 0.6) is 0 Å². The summed E-state index contributed by atoms with van der Waals surface area (Å²) in [5, 5.41) is 0. The maximum Gasteiger partial charge on any atom is 0.484 e. The first kappa shape index (κ1) is 25.1. The first-order valence-electron chi connectivity index (χ1n) is 13.6. The smallest absolute Gasteiger partial charge is 0.402 e. The first-order valence-corrected chi connectivity index (χ1v) is 13.6. The van der Waals surface area contributed by atoms with Gasteiger partial charge in [-0.25, -0.2) is 0 Å². The first-order chi connectivity index (χ1) is 18.2. The summed E-state index contributed by atoms with van der Waals surface area (Å²) >= 11 is 0. The molecule has 0 bridgehead atoms. The molecule has 0 aliphatic carbocycles. The van der Waals surface area contributed by atoms with Crippen LogP contribution in [0.4, 0.5) is 0 Å². The molecule has 0 saturated carbocycles. The van der Waals surface area contributed by atoms with Crippen molar-refractivity contribution in [3.8, 4) is 0 Å². The second kappa shape index (κ2) is 8.95. The second-order valence-corrected chi connectivity index (χ2v) is 11.8. The molecular formula is C34H36BNO2. The molecule has 2 aliphatic rings. The molecule has 0 aromatic heterocycles. The van der Waals surface area contributed by atoms with Crippen LogP contribution >= 0.6 is 0 Å². The maximum absolute atomic E-state index is 6.88. The lowest BCUT2D eigenvalue weighted by Gasteiger charge is -2.51. The average molecular weight is 501 g/mol. The van der Waals surface area contributed by atoms with Crippen LogP contribution in [0, 0.1) is 0 Å². The van der Waals surface area contributed by atoms with Gasteiger partial charge in [0.2, 0.25) is 0 Å². The summed E-state index contributed by atoms with van der Waals surface area (Å²) in [5.74, 6) is 0. The van der Waals surface area contributed by atoms with Crippen molar-refractivity contribution in [1.82, 2.24) is 4.90 Å². The van der Waals surface area contributed by atoms with E-state index in [-0.39, 0.29) is 0 Å². The summed E-state index contributed by atoms with van der Waals surface area (Å²) in [6.45, 7) is 11.6. The van der Waals surface area contributed by atoms with Crippen LogP contribution in [0.2, 0.25) is 0 Å². The van der Waals surface area contributed by atoms with Crippen LogP contribution in [0.15, 0.2) is 115 Å². The molecule has 0 N–H and O–H groups in total. The molecule has 0 radical (unpaired) electrons. The van der Waals surface area contributed by atoms with Gasteiger partial charge in [0.25, 0.3) is 0 Å². The van der Waals surface area contributed by atoms with E-state index in [9.17, 15) is 0 Å². The van der Waals surface area contributed by atoms with Gasteiger partial charge in [0.15, 0.2) is 0 Å². The van der Waals surface area contributed by atoms with Crippen molar-refractivity contribution >= 4 is 7.12 Å². The predicted molar refractivity (Wildman–Crippen MR) is 155 cm³/mol. The van der Waals surface area contributed by atoms with Crippen molar-refractivity contribution < 1.29 is 9.31 Å². The largest absolute Gasteiger partial charge is 0.484 e. The molecule has 38 heavy (non-hydrogen) atoms. The summed E-state index contributed by atoms with van der Waals surface area (Å²) < 4.78 is 13.8. The molecule has 2 heterocycles. The molecule has 6 rings (SSSR count). The number of rotatable bonds is 5. The summed E-state index contributed by atoms with van der Waals surface area (Å²) in [4.78, 5) is 2.63. The van der Waals surface area contributed by atoms with Gasteiger partial charge >= 0.3 is 7.12 Å². The summed E-state index contributed by atoms with van der Waals surface area (Å²) in [7, 11) is -0.466. The van der Waals surface area contributed by atoms with Gasteiger partial charge in [-0.2, -0.15) is 0 Å². The van der Waals surface area contributed by atoms with E-state index in [1.165, 1.54) is 27.8 Å². The van der Waals surface area contributed by atoms with Crippen LogP contribution in [-0.2, 0) is 26.8 Å². The van der Waals surface area contributed by atoms with Crippen LogP contribution in [0.25, 0.3) is 0 Å². The third-order valence-electron chi connectivity index (χ3n) is 9.14. The Hall–Kier alpha value is -3.18. The van der Waals surface area contributed by atoms with E-state index < -0.39 is 29.3 Å². The highest BCUT2D eigenvalue weighted by Crippen LogP contribution is 2.56. The van der Waals surface area contributed by atoms with Gasteiger partial charge < -0.3 is 9.31 Å². The molecule has 1 fully saturated rings. The molecule has 1 saturated heterocycles. The molecule has 0 amide bonds. The highest BCUT2D eigenvalue weighted by molar-refractivity contribution is 6.49. The molecular weight excluding hydrogens is 465 g/mol. The quantitative estimate of drug-likeness (QED) is 0.211. The fourth-order valence-corrected chi connectivity index (χ4v) is 6.43. The van der Waals surface area contributed by atoms with Crippen molar-refractivity contribution in [3.05, 3.63) is 143 Å². The Morgan fingerprint density at radius 2 is 0.974 bits per heavy atom. The van der Waals surface area contributed by atoms with Gasteiger partial charge in [-0.3, -0.25) is 4.90 Å². The minimum atomic E-state index is -0.596. The monoisotopic (exact) mass is 501 g/mol. The van der Waals surface area contributed by atoms with E-state index in [2.05, 4.69) is 155 Å². The minimum Gasteiger partial charge on any atom is -0.402 e. The zero-order valence-electron chi connectivity index (χ0n) is 23.0. The number of benzene rings is 4. The standard InChI is InChI=1S/C34H36BNO2/c1-31(2)32(3,4)38-35(37-31)33(5)30-24-16-15-17-26(30)25-36(33)34(27-18-9-6-10-19-27,28-20-11-7-12-21-28)29-22-13-8-14-23-29/h6-24H,25H2,1-5H3/t33-/m1/s1. The SMILES string of the molecule is CC1(C)OB([C@@]2(C)c3ccccc3CN2C(c2ccccc2)(c2ccccc2)c2ccccc2)OC1(C)C. The van der Waals surface area contributed by atoms with Gasteiger partial charge in [0.05, 0.1) is 22.2 Å². The van der Waals surface area contributed by atoms with Crippen LogP contribution < -0.4 is 0 Å². The van der Waals surface area contributed by atoms with Gasteiger partial charge in [-0.1, -0.05) is 115 Å².